The summed E-state index contributed by atoms with van der Waals surface area (Å²) in [5.41, 5.74) is 6.94. The predicted octanol–water partition coefficient (Wildman–Crippen LogP) is 4.67. The molecule has 1 aliphatic carbocycles. The van der Waals surface area contributed by atoms with Crippen LogP contribution in [-0.2, 0) is 9.47 Å². The minimum absolute atomic E-state index is 0.0219. The quantitative estimate of drug-likeness (QED) is 0.387. The molecule has 0 atom stereocenters. The molecule has 0 saturated carbocycles. The number of carbonyl (C=O) groups excluding carboxylic acids is 3. The molecule has 0 aromatic heterocycles. The number of rotatable bonds is 5. The first kappa shape index (κ1) is 23.6. The Morgan fingerprint density at radius 3 is 2.14 bits per heavy atom. The van der Waals surface area contributed by atoms with Gasteiger partial charge in [0.15, 0.2) is 0 Å². The first-order valence-corrected chi connectivity index (χ1v) is 12.0. The zero-order valence-electron chi connectivity index (χ0n) is 20.4. The van der Waals surface area contributed by atoms with Crippen LogP contribution in [0.1, 0.15) is 43.3 Å². The smallest absolute Gasteiger partial charge is 0.409 e. The van der Waals surface area contributed by atoms with Gasteiger partial charge >= 0.3 is 12.1 Å². The lowest BCUT2D eigenvalue weighted by atomic mass is 9.98. The average Bonchev–Trinajstić information content (AvgIpc) is 3.25. The molecule has 36 heavy (non-hydrogen) atoms. The number of nitrogens with zero attached hydrogens (tertiary/aromatic N) is 2. The topological polar surface area (TPSA) is 76.2 Å². The Hall–Kier alpha value is -4.13. The van der Waals surface area contributed by atoms with Crippen LogP contribution in [0.5, 0.6) is 0 Å². The standard InChI is InChI=1S/C29H28N2O5/c1-19-20(17-32)15-21(16-26(19)28(33)35-2)30-11-13-31(14-12-30)29(34)36-18-27-24-9-5-3-7-22(24)23-8-4-6-10-25(23)27/h3-10,15-17,27H,11-14,18H2,1-2H3. The summed E-state index contributed by atoms with van der Waals surface area (Å²) < 4.78 is 10.7. The SMILES string of the molecule is COC(=O)c1cc(N2CCN(C(=O)OCC3c4ccccc4-c4ccccc43)CC2)cc(C=O)c1C. The monoisotopic (exact) mass is 484 g/mol. The molecular weight excluding hydrogens is 456 g/mol. The second-order valence-corrected chi connectivity index (χ2v) is 9.10. The van der Waals surface area contributed by atoms with Crippen molar-refractivity contribution in [1.29, 1.82) is 0 Å². The molecular formula is C29H28N2O5. The molecule has 1 saturated heterocycles. The molecule has 7 nitrogen and oxygen atoms in total. The van der Waals surface area contributed by atoms with Gasteiger partial charge in [-0.2, -0.15) is 0 Å². The third kappa shape index (κ3) is 4.21. The van der Waals surface area contributed by atoms with Gasteiger partial charge in [0.1, 0.15) is 12.9 Å². The molecule has 1 aliphatic heterocycles. The van der Waals surface area contributed by atoms with Crippen LogP contribution in [0.25, 0.3) is 11.1 Å². The number of hydrogen-bond acceptors (Lipinski definition) is 6. The molecule has 0 N–H and O–H groups in total. The third-order valence-electron chi connectivity index (χ3n) is 7.20. The first-order valence-electron chi connectivity index (χ1n) is 12.0. The molecule has 2 aliphatic rings. The zero-order chi connectivity index (χ0) is 25.2. The molecule has 1 amide bonds. The Labute approximate surface area is 210 Å². The molecule has 1 fully saturated rings. The fourth-order valence-corrected chi connectivity index (χ4v) is 5.18. The molecule has 5 rings (SSSR count). The zero-order valence-corrected chi connectivity index (χ0v) is 20.4. The van der Waals surface area contributed by atoms with Crippen LogP contribution < -0.4 is 4.90 Å². The fraction of sp³-hybridized carbons (Fsp3) is 0.276. The molecule has 1 heterocycles. The Morgan fingerprint density at radius 2 is 1.56 bits per heavy atom. The minimum atomic E-state index is -0.477. The maximum Gasteiger partial charge on any atom is 0.409 e. The van der Waals surface area contributed by atoms with Crippen molar-refractivity contribution in [2.45, 2.75) is 12.8 Å². The van der Waals surface area contributed by atoms with E-state index in [9.17, 15) is 14.4 Å². The molecule has 0 bridgehead atoms. The van der Waals surface area contributed by atoms with E-state index in [-0.39, 0.29) is 18.6 Å². The highest BCUT2D eigenvalue weighted by Crippen LogP contribution is 2.44. The number of anilines is 1. The van der Waals surface area contributed by atoms with Crippen molar-refractivity contribution in [3.63, 3.8) is 0 Å². The van der Waals surface area contributed by atoms with Crippen LogP contribution in [0.3, 0.4) is 0 Å². The van der Waals surface area contributed by atoms with Gasteiger partial charge < -0.3 is 19.3 Å². The number of amides is 1. The van der Waals surface area contributed by atoms with Gasteiger partial charge in [0.2, 0.25) is 0 Å². The van der Waals surface area contributed by atoms with Gasteiger partial charge in [-0.05, 0) is 46.9 Å². The fourth-order valence-electron chi connectivity index (χ4n) is 5.18. The van der Waals surface area contributed by atoms with Gasteiger partial charge in [-0.1, -0.05) is 48.5 Å². The van der Waals surface area contributed by atoms with Gasteiger partial charge in [-0.3, -0.25) is 4.79 Å². The number of esters is 1. The van der Waals surface area contributed by atoms with Crippen LogP contribution in [0.4, 0.5) is 10.5 Å². The van der Waals surface area contributed by atoms with Crippen molar-refractivity contribution in [2.75, 3.05) is 44.8 Å². The number of carbonyl (C=O) groups is 3. The van der Waals surface area contributed by atoms with Gasteiger partial charge in [0.05, 0.1) is 12.7 Å². The number of piperazine rings is 1. The summed E-state index contributed by atoms with van der Waals surface area (Å²) in [7, 11) is 1.32. The van der Waals surface area contributed by atoms with E-state index in [1.807, 2.05) is 24.3 Å². The van der Waals surface area contributed by atoms with Crippen molar-refractivity contribution in [3.05, 3.63) is 88.5 Å². The van der Waals surface area contributed by atoms with Crippen molar-refractivity contribution in [3.8, 4) is 11.1 Å². The Morgan fingerprint density at radius 1 is 0.944 bits per heavy atom. The lowest BCUT2D eigenvalue weighted by Crippen LogP contribution is -2.49. The molecule has 0 unspecified atom stereocenters. The van der Waals surface area contributed by atoms with Gasteiger partial charge in [0, 0.05) is 43.3 Å². The van der Waals surface area contributed by atoms with E-state index >= 15 is 0 Å². The lowest BCUT2D eigenvalue weighted by Gasteiger charge is -2.36. The van der Waals surface area contributed by atoms with Crippen LogP contribution in [0, 0.1) is 6.92 Å². The molecule has 3 aromatic carbocycles. The number of ether oxygens (including phenoxy) is 2. The van der Waals surface area contributed by atoms with E-state index in [2.05, 4.69) is 29.2 Å². The van der Waals surface area contributed by atoms with E-state index in [1.165, 1.54) is 29.4 Å². The summed E-state index contributed by atoms with van der Waals surface area (Å²) in [6.07, 6.45) is 0.419. The summed E-state index contributed by atoms with van der Waals surface area (Å²) in [5.74, 6) is -0.455. The molecule has 184 valence electrons. The van der Waals surface area contributed by atoms with Crippen LogP contribution in [-0.4, -0.2) is 63.1 Å². The Bertz CT molecular complexity index is 1280. The van der Waals surface area contributed by atoms with Gasteiger partial charge in [-0.15, -0.1) is 0 Å². The summed E-state index contributed by atoms with van der Waals surface area (Å²) in [6.45, 7) is 4.10. The highest BCUT2D eigenvalue weighted by molar-refractivity contribution is 5.96. The van der Waals surface area contributed by atoms with Crippen LogP contribution in [0.15, 0.2) is 60.7 Å². The van der Waals surface area contributed by atoms with Crippen molar-refractivity contribution >= 4 is 24.0 Å². The highest BCUT2D eigenvalue weighted by Gasteiger charge is 2.30. The number of fused-ring (bicyclic) bond motifs is 3. The van der Waals surface area contributed by atoms with Crippen LogP contribution >= 0.6 is 0 Å². The van der Waals surface area contributed by atoms with E-state index in [4.69, 9.17) is 9.47 Å². The summed E-state index contributed by atoms with van der Waals surface area (Å²) in [4.78, 5) is 40.4. The largest absolute Gasteiger partial charge is 0.465 e. The molecule has 0 spiro atoms. The number of aldehydes is 1. The second-order valence-electron chi connectivity index (χ2n) is 9.10. The maximum absolute atomic E-state index is 12.9. The van der Waals surface area contributed by atoms with E-state index in [1.54, 1.807) is 24.0 Å². The van der Waals surface area contributed by atoms with Crippen LogP contribution in [0.2, 0.25) is 0 Å². The van der Waals surface area contributed by atoms with E-state index in [0.29, 0.717) is 42.9 Å². The number of benzene rings is 3. The summed E-state index contributed by atoms with van der Waals surface area (Å²) in [5, 5.41) is 0. The maximum atomic E-state index is 12.9. The van der Waals surface area contributed by atoms with Crippen molar-refractivity contribution < 1.29 is 23.9 Å². The highest BCUT2D eigenvalue weighted by atomic mass is 16.6. The minimum Gasteiger partial charge on any atom is -0.465 e. The van der Waals surface area contributed by atoms with Crippen molar-refractivity contribution in [1.82, 2.24) is 4.90 Å². The summed E-state index contributed by atoms with van der Waals surface area (Å²) in [6, 6.07) is 20.1. The van der Waals surface area contributed by atoms with E-state index in [0.717, 1.165) is 12.0 Å². The first-order chi connectivity index (χ1) is 17.5. The van der Waals surface area contributed by atoms with Gasteiger partial charge in [0.25, 0.3) is 0 Å². The lowest BCUT2D eigenvalue weighted by molar-refractivity contribution is 0.0600. The predicted molar refractivity (Wildman–Crippen MR) is 137 cm³/mol. The number of methoxy groups -OCH3 is 1. The molecule has 7 heteroatoms. The Balaban J connectivity index is 1.24. The van der Waals surface area contributed by atoms with Gasteiger partial charge in [-0.25, -0.2) is 9.59 Å². The summed E-state index contributed by atoms with van der Waals surface area (Å²) >= 11 is 0. The normalized spacial score (nSPS) is 14.7. The number of hydrogen-bond donors (Lipinski definition) is 0. The van der Waals surface area contributed by atoms with E-state index < -0.39 is 5.97 Å². The van der Waals surface area contributed by atoms with Crippen molar-refractivity contribution in [2.24, 2.45) is 0 Å². The third-order valence-corrected chi connectivity index (χ3v) is 7.20. The molecule has 3 aromatic rings. The Kier molecular flexibility index (Phi) is 6.46. The average molecular weight is 485 g/mol. The second kappa shape index (κ2) is 9.85. The molecule has 0 radical (unpaired) electrons.